The van der Waals surface area contributed by atoms with E-state index >= 15 is 0 Å². The number of unbranched alkanes of at least 4 members (excludes halogenated alkanes) is 12. The molecule has 3 heteroatoms. The van der Waals surface area contributed by atoms with Crippen LogP contribution in [0.2, 0.25) is 8.87 Å². The molecule has 0 atom stereocenters. The molecule has 244 valence electrons. The first-order chi connectivity index (χ1) is 20.8. The fourth-order valence-electron chi connectivity index (χ4n) is 6.32. The molecular weight excluding hydrogens is 631 g/mol. The van der Waals surface area contributed by atoms with Gasteiger partial charge in [0.25, 0.3) is 0 Å². The molecule has 0 saturated heterocycles. The predicted molar refractivity (Wildman–Crippen MR) is 192 cm³/mol. The minimum atomic E-state index is -3.65. The first kappa shape index (κ1) is 38.0. The molecule has 2 nitrogen and oxygen atoms in total. The summed E-state index contributed by atoms with van der Waals surface area (Å²) in [5.41, 5.74) is 8.46. The van der Waals surface area contributed by atoms with Crippen LogP contribution < -0.4 is 6.15 Å². The van der Waals surface area contributed by atoms with Crippen molar-refractivity contribution in [3.05, 3.63) is 57.6 Å². The predicted octanol–water partition coefficient (Wildman–Crippen LogP) is 13.2. The van der Waals surface area contributed by atoms with Gasteiger partial charge in [-0.1, -0.05) is 0 Å². The Morgan fingerprint density at radius 1 is 0.442 bits per heavy atom. The Morgan fingerprint density at radius 3 is 1.16 bits per heavy atom. The number of benzene rings is 2. The standard InChI is InChI=1S/2C12H18O.2C8H17.Sn/c2*1-4-5-6-11-10(3)9(2)7-8-12(11)13;2*1-3-5-7-8-6-4-2;/h2*7-8,13H,4-6H2,1-3H3;2*1,3-8H2,2H3;/q;;;;+2/p-2. The zero-order chi connectivity index (χ0) is 31.5. The fourth-order valence-corrected chi connectivity index (χ4v) is 16.2. The molecule has 0 unspecified atom stereocenters. The van der Waals surface area contributed by atoms with Gasteiger partial charge in [-0.3, -0.25) is 0 Å². The van der Waals surface area contributed by atoms with Crippen molar-refractivity contribution in [2.45, 2.75) is 180 Å². The van der Waals surface area contributed by atoms with Crippen LogP contribution in [0.4, 0.5) is 0 Å². The van der Waals surface area contributed by atoms with Crippen LogP contribution in [0.5, 0.6) is 11.5 Å². The van der Waals surface area contributed by atoms with Crippen molar-refractivity contribution < 1.29 is 6.15 Å². The molecule has 0 amide bonds. The summed E-state index contributed by atoms with van der Waals surface area (Å²) in [5.74, 6) is 2.28. The van der Waals surface area contributed by atoms with Crippen molar-refractivity contribution in [2.75, 3.05) is 0 Å². The molecular formula is C40H68O2Sn. The molecule has 0 saturated carbocycles. The second kappa shape index (κ2) is 21.6. The van der Waals surface area contributed by atoms with Crippen molar-refractivity contribution in [2.24, 2.45) is 0 Å². The normalized spacial score (nSPS) is 11.7. The molecule has 0 bridgehead atoms. The van der Waals surface area contributed by atoms with Gasteiger partial charge in [0.05, 0.1) is 0 Å². The summed E-state index contributed by atoms with van der Waals surface area (Å²) >= 11 is -3.65. The molecule has 0 spiro atoms. The molecule has 0 aliphatic rings. The summed E-state index contributed by atoms with van der Waals surface area (Å²) in [4.78, 5) is 0. The Balaban J connectivity index is 2.54. The Kier molecular flexibility index (Phi) is 19.1. The van der Waals surface area contributed by atoms with Crippen LogP contribution in [0, 0.1) is 27.7 Å². The summed E-state index contributed by atoms with van der Waals surface area (Å²) in [7, 11) is 0. The fraction of sp³-hybridized carbons (Fsp3) is 0.700. The number of rotatable bonds is 24. The first-order valence-electron chi connectivity index (χ1n) is 18.4. The monoisotopic (exact) mass is 700 g/mol. The Morgan fingerprint density at radius 2 is 0.791 bits per heavy atom. The van der Waals surface area contributed by atoms with Gasteiger partial charge in [0.1, 0.15) is 0 Å². The third kappa shape index (κ3) is 13.0. The van der Waals surface area contributed by atoms with Gasteiger partial charge in [0, 0.05) is 0 Å². The van der Waals surface area contributed by atoms with E-state index in [-0.39, 0.29) is 0 Å². The van der Waals surface area contributed by atoms with Gasteiger partial charge in [-0.2, -0.15) is 0 Å². The van der Waals surface area contributed by atoms with Crippen molar-refractivity contribution in [3.8, 4) is 11.5 Å². The number of aryl methyl sites for hydroxylation is 2. The van der Waals surface area contributed by atoms with Gasteiger partial charge in [-0.15, -0.1) is 0 Å². The van der Waals surface area contributed by atoms with Crippen LogP contribution >= 0.6 is 0 Å². The summed E-state index contributed by atoms with van der Waals surface area (Å²) in [6.07, 6.45) is 22.8. The van der Waals surface area contributed by atoms with E-state index in [0.29, 0.717) is 0 Å². The SMILES string of the molecule is CCCCCCC[CH2][Sn]([CH2]CCCCCCC)([O]c1ccc(C)c(C)c1CCCC)[O]c1ccc(C)c(C)c1CCCC. The van der Waals surface area contributed by atoms with Gasteiger partial charge in [0.2, 0.25) is 0 Å². The van der Waals surface area contributed by atoms with Crippen LogP contribution in [0.25, 0.3) is 0 Å². The van der Waals surface area contributed by atoms with Crippen molar-refractivity contribution >= 4 is 19.2 Å². The van der Waals surface area contributed by atoms with Gasteiger partial charge >= 0.3 is 274 Å². The zero-order valence-electron chi connectivity index (χ0n) is 29.8. The van der Waals surface area contributed by atoms with E-state index in [0.717, 1.165) is 33.2 Å². The first-order valence-corrected chi connectivity index (χ1v) is 24.7. The molecule has 0 aromatic heterocycles. The van der Waals surface area contributed by atoms with Crippen LogP contribution in [-0.2, 0) is 12.8 Å². The Hall–Kier alpha value is -1.16. The Bertz CT molecular complexity index is 960. The topological polar surface area (TPSA) is 18.5 Å². The van der Waals surface area contributed by atoms with Crippen molar-refractivity contribution in [1.82, 2.24) is 0 Å². The van der Waals surface area contributed by atoms with Gasteiger partial charge < -0.3 is 0 Å². The molecule has 0 fully saturated rings. The van der Waals surface area contributed by atoms with E-state index in [9.17, 15) is 0 Å². The second-order valence-corrected chi connectivity index (χ2v) is 22.5. The van der Waals surface area contributed by atoms with Crippen LogP contribution in [0.1, 0.15) is 164 Å². The van der Waals surface area contributed by atoms with Crippen LogP contribution in [-0.4, -0.2) is 19.2 Å². The van der Waals surface area contributed by atoms with Crippen LogP contribution in [0.15, 0.2) is 24.3 Å². The Labute approximate surface area is 273 Å². The van der Waals surface area contributed by atoms with E-state index in [1.54, 1.807) is 0 Å². The molecule has 0 aliphatic carbocycles. The molecule has 0 N–H and O–H groups in total. The minimum absolute atomic E-state index is 1.10. The quantitative estimate of drug-likeness (QED) is 0.0802. The molecule has 0 heterocycles. The average molecular weight is 700 g/mol. The average Bonchev–Trinajstić information content (AvgIpc) is 3.00. The molecule has 2 aromatic rings. The molecule has 0 aliphatic heterocycles. The number of hydrogen-bond acceptors (Lipinski definition) is 2. The van der Waals surface area contributed by atoms with Crippen molar-refractivity contribution in [1.29, 1.82) is 0 Å². The molecule has 43 heavy (non-hydrogen) atoms. The van der Waals surface area contributed by atoms with Gasteiger partial charge in [0.15, 0.2) is 0 Å². The molecule has 2 rings (SSSR count). The van der Waals surface area contributed by atoms with Gasteiger partial charge in [-0.05, 0) is 0 Å². The summed E-state index contributed by atoms with van der Waals surface area (Å²) in [6.45, 7) is 18.3. The summed E-state index contributed by atoms with van der Waals surface area (Å²) in [6, 6.07) is 9.16. The van der Waals surface area contributed by atoms with Crippen molar-refractivity contribution in [3.63, 3.8) is 0 Å². The molecule has 0 radical (unpaired) electrons. The zero-order valence-corrected chi connectivity index (χ0v) is 32.6. The third-order valence-electron chi connectivity index (χ3n) is 9.63. The number of hydrogen-bond donors (Lipinski definition) is 0. The summed E-state index contributed by atoms with van der Waals surface area (Å²) < 4.78 is 17.4. The second-order valence-electron chi connectivity index (χ2n) is 13.3. The van der Waals surface area contributed by atoms with E-state index in [1.165, 1.54) is 136 Å². The third-order valence-corrected chi connectivity index (χ3v) is 19.4. The van der Waals surface area contributed by atoms with E-state index in [2.05, 4.69) is 79.7 Å². The maximum absolute atomic E-state index is 7.54. The van der Waals surface area contributed by atoms with Gasteiger partial charge in [-0.25, -0.2) is 0 Å². The van der Waals surface area contributed by atoms with Crippen LogP contribution in [0.3, 0.4) is 0 Å². The van der Waals surface area contributed by atoms with E-state index < -0.39 is 19.2 Å². The summed E-state index contributed by atoms with van der Waals surface area (Å²) in [5, 5.41) is 0. The maximum atomic E-state index is 7.54. The molecule has 2 aromatic carbocycles. The van der Waals surface area contributed by atoms with E-state index in [4.69, 9.17) is 6.15 Å². The van der Waals surface area contributed by atoms with E-state index in [1.807, 2.05) is 0 Å².